The molecule has 0 aliphatic heterocycles. The van der Waals surface area contributed by atoms with Gasteiger partial charge in [0.25, 0.3) is 5.91 Å². The monoisotopic (exact) mass is 395 g/mol. The van der Waals surface area contributed by atoms with Gasteiger partial charge < -0.3 is 5.32 Å². The van der Waals surface area contributed by atoms with Crippen molar-refractivity contribution in [2.24, 2.45) is 5.92 Å². The first-order chi connectivity index (χ1) is 8.40. The molecule has 0 spiro atoms. The van der Waals surface area contributed by atoms with Crippen LogP contribution in [-0.4, -0.2) is 11.9 Å². The molecular formula is C13H19Br2NOS. The second-order valence-electron chi connectivity index (χ2n) is 4.93. The summed E-state index contributed by atoms with van der Waals surface area (Å²) in [5.41, 5.74) is 0. The number of halogens is 2. The largest absolute Gasteiger partial charge is 0.349 e. The normalized spacial score (nSPS) is 12.8. The highest BCUT2D eigenvalue weighted by Crippen LogP contribution is 2.32. The lowest BCUT2D eigenvalue weighted by Gasteiger charge is -2.13. The Balaban J connectivity index is 2.39. The summed E-state index contributed by atoms with van der Waals surface area (Å²) < 4.78 is 1.89. The van der Waals surface area contributed by atoms with E-state index >= 15 is 0 Å². The van der Waals surface area contributed by atoms with Crippen LogP contribution in [0.1, 0.15) is 49.7 Å². The summed E-state index contributed by atoms with van der Waals surface area (Å²) >= 11 is 8.24. The van der Waals surface area contributed by atoms with Crippen LogP contribution >= 0.6 is 43.2 Å². The number of carbonyl (C=O) groups is 1. The van der Waals surface area contributed by atoms with Crippen LogP contribution in [0.4, 0.5) is 0 Å². The van der Waals surface area contributed by atoms with Crippen molar-refractivity contribution in [3.8, 4) is 0 Å². The highest BCUT2D eigenvalue weighted by atomic mass is 79.9. The molecule has 2 nitrogen and oxygen atoms in total. The van der Waals surface area contributed by atoms with Crippen LogP contribution in [0.15, 0.2) is 14.3 Å². The minimum atomic E-state index is 0.0171. The number of nitrogens with one attached hydrogen (secondary N) is 1. The molecule has 1 aromatic heterocycles. The van der Waals surface area contributed by atoms with Crippen LogP contribution < -0.4 is 5.32 Å². The number of hydrogen-bond donors (Lipinski definition) is 1. The standard InChI is InChI=1S/C13H19Br2NOS/c1-8(2)5-4-6-9(3)16-13(17)11-7-10(14)12(15)18-11/h7-9H,4-6H2,1-3H3,(H,16,17). The van der Waals surface area contributed by atoms with Gasteiger partial charge in [0.2, 0.25) is 0 Å². The molecule has 0 aliphatic carbocycles. The van der Waals surface area contributed by atoms with Crippen molar-refractivity contribution >= 4 is 49.1 Å². The van der Waals surface area contributed by atoms with E-state index in [4.69, 9.17) is 0 Å². The number of thiophene rings is 1. The van der Waals surface area contributed by atoms with Crippen LogP contribution in [-0.2, 0) is 0 Å². The lowest BCUT2D eigenvalue weighted by Crippen LogP contribution is -2.31. The van der Waals surface area contributed by atoms with Gasteiger partial charge in [0.15, 0.2) is 0 Å². The Bertz CT molecular complexity index is 384. The van der Waals surface area contributed by atoms with E-state index in [0.717, 1.165) is 31.9 Å². The van der Waals surface area contributed by atoms with Gasteiger partial charge in [-0.2, -0.15) is 0 Å². The van der Waals surface area contributed by atoms with Gasteiger partial charge >= 0.3 is 0 Å². The molecule has 0 bridgehead atoms. The van der Waals surface area contributed by atoms with Gasteiger partial charge in [-0.3, -0.25) is 4.79 Å². The number of amides is 1. The summed E-state index contributed by atoms with van der Waals surface area (Å²) in [5, 5.41) is 3.04. The molecular weight excluding hydrogens is 378 g/mol. The number of hydrogen-bond acceptors (Lipinski definition) is 2. The maximum Gasteiger partial charge on any atom is 0.261 e. The molecule has 0 saturated carbocycles. The van der Waals surface area contributed by atoms with Gasteiger partial charge in [0, 0.05) is 10.5 Å². The Morgan fingerprint density at radius 2 is 2.00 bits per heavy atom. The zero-order valence-electron chi connectivity index (χ0n) is 10.9. The molecule has 18 heavy (non-hydrogen) atoms. The Morgan fingerprint density at radius 3 is 2.50 bits per heavy atom. The number of carbonyl (C=O) groups excluding carboxylic acids is 1. The lowest BCUT2D eigenvalue weighted by atomic mass is 10.0. The van der Waals surface area contributed by atoms with Gasteiger partial charge in [0.1, 0.15) is 0 Å². The van der Waals surface area contributed by atoms with Crippen molar-refractivity contribution in [2.75, 3.05) is 0 Å². The zero-order chi connectivity index (χ0) is 13.7. The fourth-order valence-electron chi connectivity index (χ4n) is 1.66. The van der Waals surface area contributed by atoms with Gasteiger partial charge in [-0.25, -0.2) is 0 Å². The Kier molecular flexibility index (Phi) is 6.88. The van der Waals surface area contributed by atoms with Gasteiger partial charge in [0.05, 0.1) is 8.66 Å². The van der Waals surface area contributed by atoms with E-state index in [1.54, 1.807) is 0 Å². The van der Waals surface area contributed by atoms with Crippen molar-refractivity contribution in [3.63, 3.8) is 0 Å². The molecule has 0 fully saturated rings. The van der Waals surface area contributed by atoms with Gasteiger partial charge in [-0.1, -0.05) is 26.7 Å². The maximum absolute atomic E-state index is 12.0. The predicted molar refractivity (Wildman–Crippen MR) is 85.3 cm³/mol. The first-order valence-electron chi connectivity index (χ1n) is 6.15. The minimum absolute atomic E-state index is 0.0171. The number of rotatable bonds is 6. The van der Waals surface area contributed by atoms with Crippen molar-refractivity contribution < 1.29 is 4.79 Å². The molecule has 0 aliphatic rings. The second kappa shape index (κ2) is 7.65. The van der Waals surface area contributed by atoms with Crippen molar-refractivity contribution in [2.45, 2.75) is 46.1 Å². The summed E-state index contributed by atoms with van der Waals surface area (Å²) in [6.07, 6.45) is 3.42. The van der Waals surface area contributed by atoms with Crippen molar-refractivity contribution in [1.29, 1.82) is 0 Å². The van der Waals surface area contributed by atoms with E-state index in [-0.39, 0.29) is 11.9 Å². The summed E-state index contributed by atoms with van der Waals surface area (Å²) in [6.45, 7) is 6.52. The fraction of sp³-hybridized carbons (Fsp3) is 0.615. The van der Waals surface area contributed by atoms with Crippen LogP contribution in [0.5, 0.6) is 0 Å². The second-order valence-corrected chi connectivity index (χ2v) is 8.16. The Morgan fingerprint density at radius 1 is 1.33 bits per heavy atom. The van der Waals surface area contributed by atoms with Crippen LogP contribution in [0.25, 0.3) is 0 Å². The molecule has 5 heteroatoms. The fourth-order valence-corrected chi connectivity index (χ4v) is 3.60. The quantitative estimate of drug-likeness (QED) is 0.701. The smallest absolute Gasteiger partial charge is 0.261 e. The molecule has 102 valence electrons. The predicted octanol–water partition coefficient (Wildman–Crippen LogP) is 5.22. The Hall–Kier alpha value is 0.130. The van der Waals surface area contributed by atoms with E-state index in [2.05, 4.69) is 57.9 Å². The first-order valence-corrected chi connectivity index (χ1v) is 8.56. The van der Waals surface area contributed by atoms with Gasteiger partial charge in [-0.05, 0) is 57.2 Å². The average molecular weight is 397 g/mol. The van der Waals surface area contributed by atoms with Crippen LogP contribution in [0.2, 0.25) is 0 Å². The van der Waals surface area contributed by atoms with E-state index in [1.807, 2.05) is 6.07 Å². The van der Waals surface area contributed by atoms with E-state index in [1.165, 1.54) is 17.8 Å². The highest BCUT2D eigenvalue weighted by Gasteiger charge is 2.14. The SMILES string of the molecule is CC(C)CCCC(C)NC(=O)c1cc(Br)c(Br)s1. The molecule has 1 unspecified atom stereocenters. The first kappa shape index (κ1) is 16.2. The average Bonchev–Trinajstić information content (AvgIpc) is 2.58. The van der Waals surface area contributed by atoms with Crippen molar-refractivity contribution in [3.05, 3.63) is 19.2 Å². The molecule has 1 heterocycles. The van der Waals surface area contributed by atoms with Crippen molar-refractivity contribution in [1.82, 2.24) is 5.32 Å². The molecule has 1 N–H and O–H groups in total. The van der Waals surface area contributed by atoms with Crippen LogP contribution in [0.3, 0.4) is 0 Å². The summed E-state index contributed by atoms with van der Waals surface area (Å²) in [4.78, 5) is 12.7. The topological polar surface area (TPSA) is 29.1 Å². The zero-order valence-corrected chi connectivity index (χ0v) is 14.9. The third-order valence-corrected chi connectivity index (χ3v) is 5.92. The molecule has 0 aromatic carbocycles. The summed E-state index contributed by atoms with van der Waals surface area (Å²) in [5.74, 6) is 0.751. The van der Waals surface area contributed by atoms with E-state index < -0.39 is 0 Å². The molecule has 1 rings (SSSR count). The minimum Gasteiger partial charge on any atom is -0.349 e. The highest BCUT2D eigenvalue weighted by molar-refractivity contribution is 9.13. The Labute approximate surface area is 130 Å². The molecule has 1 aromatic rings. The molecule has 1 atom stereocenters. The third kappa shape index (κ3) is 5.41. The third-order valence-electron chi connectivity index (χ3n) is 2.67. The van der Waals surface area contributed by atoms with E-state index in [9.17, 15) is 4.79 Å². The lowest BCUT2D eigenvalue weighted by molar-refractivity contribution is 0.0942. The summed E-state index contributed by atoms with van der Waals surface area (Å²) in [7, 11) is 0. The molecule has 0 saturated heterocycles. The van der Waals surface area contributed by atoms with Crippen LogP contribution in [0, 0.1) is 5.92 Å². The van der Waals surface area contributed by atoms with E-state index in [0.29, 0.717) is 0 Å². The molecule has 0 radical (unpaired) electrons. The molecule has 1 amide bonds. The maximum atomic E-state index is 12.0. The van der Waals surface area contributed by atoms with Gasteiger partial charge in [-0.15, -0.1) is 11.3 Å². The summed E-state index contributed by atoms with van der Waals surface area (Å²) in [6, 6.07) is 2.08.